The summed E-state index contributed by atoms with van der Waals surface area (Å²) < 4.78 is 0. The van der Waals surface area contributed by atoms with Crippen molar-refractivity contribution in [3.05, 3.63) is 24.3 Å². The van der Waals surface area contributed by atoms with E-state index in [4.69, 9.17) is 0 Å². The first-order chi connectivity index (χ1) is 10.1. The molecule has 3 rings (SSSR count). The summed E-state index contributed by atoms with van der Waals surface area (Å²) in [5, 5.41) is 3.74. The molecular weight excluding hydrogens is 260 g/mol. The molecule has 2 aliphatic rings. The zero-order valence-corrected chi connectivity index (χ0v) is 13.4. The van der Waals surface area contributed by atoms with Gasteiger partial charge in [-0.25, -0.2) is 9.97 Å². The Labute approximate surface area is 128 Å². The highest BCUT2D eigenvalue weighted by molar-refractivity contribution is 4.98. The maximum Gasteiger partial charge on any atom is 0.142 e. The van der Waals surface area contributed by atoms with E-state index in [1.165, 1.54) is 32.1 Å². The van der Waals surface area contributed by atoms with Gasteiger partial charge < -0.3 is 5.32 Å². The van der Waals surface area contributed by atoms with Crippen molar-refractivity contribution in [2.45, 2.75) is 64.1 Å². The molecule has 1 aliphatic heterocycles. The third-order valence-electron chi connectivity index (χ3n) is 5.01. The van der Waals surface area contributed by atoms with Crippen LogP contribution in [0.3, 0.4) is 0 Å². The van der Waals surface area contributed by atoms with Gasteiger partial charge in [0.2, 0.25) is 0 Å². The number of rotatable bonds is 3. The zero-order valence-electron chi connectivity index (χ0n) is 13.4. The molecule has 1 aromatic rings. The summed E-state index contributed by atoms with van der Waals surface area (Å²) in [5.74, 6) is 1.79. The van der Waals surface area contributed by atoms with E-state index in [1.807, 2.05) is 18.5 Å². The molecule has 1 aromatic heterocycles. The summed E-state index contributed by atoms with van der Waals surface area (Å²) in [6.07, 6.45) is 10.7. The number of aromatic nitrogens is 2. The van der Waals surface area contributed by atoms with Crippen LogP contribution in [0, 0.1) is 5.92 Å². The van der Waals surface area contributed by atoms with Gasteiger partial charge in [-0.15, -0.1) is 0 Å². The fraction of sp³-hybridized carbons (Fsp3) is 0.765. The van der Waals surface area contributed by atoms with Crippen LogP contribution < -0.4 is 5.32 Å². The van der Waals surface area contributed by atoms with Crippen molar-refractivity contribution in [1.29, 1.82) is 0 Å². The molecule has 1 unspecified atom stereocenters. The highest BCUT2D eigenvalue weighted by atomic mass is 15.3. The van der Waals surface area contributed by atoms with Crippen LogP contribution in [0.5, 0.6) is 0 Å². The molecule has 116 valence electrons. The van der Waals surface area contributed by atoms with Crippen LogP contribution in [0.4, 0.5) is 0 Å². The smallest absolute Gasteiger partial charge is 0.142 e. The minimum atomic E-state index is 0.181. The first-order valence-corrected chi connectivity index (χ1v) is 8.39. The topological polar surface area (TPSA) is 41.1 Å². The van der Waals surface area contributed by atoms with E-state index in [2.05, 4.69) is 34.0 Å². The van der Waals surface area contributed by atoms with Crippen molar-refractivity contribution in [2.75, 3.05) is 13.1 Å². The minimum absolute atomic E-state index is 0.181. The van der Waals surface area contributed by atoms with Crippen molar-refractivity contribution >= 4 is 0 Å². The predicted molar refractivity (Wildman–Crippen MR) is 84.9 cm³/mol. The fourth-order valence-electron chi connectivity index (χ4n) is 3.94. The third-order valence-corrected chi connectivity index (χ3v) is 5.01. The SMILES string of the molecule is CC1(C)CN(Cc2ncccn2)C(C2CCCCC2)CN1. The second-order valence-corrected chi connectivity index (χ2v) is 7.30. The van der Waals surface area contributed by atoms with Gasteiger partial charge in [0.15, 0.2) is 0 Å². The Morgan fingerprint density at radius 1 is 1.19 bits per heavy atom. The normalized spacial score (nSPS) is 27.6. The highest BCUT2D eigenvalue weighted by Crippen LogP contribution is 2.32. The van der Waals surface area contributed by atoms with E-state index in [-0.39, 0.29) is 5.54 Å². The molecule has 1 saturated carbocycles. The van der Waals surface area contributed by atoms with E-state index in [1.54, 1.807) is 0 Å². The van der Waals surface area contributed by atoms with Crippen LogP contribution in [0.2, 0.25) is 0 Å². The van der Waals surface area contributed by atoms with Crippen LogP contribution in [0.1, 0.15) is 51.8 Å². The largest absolute Gasteiger partial charge is 0.309 e. The Bertz CT molecular complexity index is 439. The Morgan fingerprint density at radius 3 is 2.62 bits per heavy atom. The first kappa shape index (κ1) is 14.9. The van der Waals surface area contributed by atoms with E-state index in [0.717, 1.165) is 31.4 Å². The van der Waals surface area contributed by atoms with E-state index in [0.29, 0.717) is 6.04 Å². The monoisotopic (exact) mass is 288 g/mol. The first-order valence-electron chi connectivity index (χ1n) is 8.39. The van der Waals surface area contributed by atoms with Gasteiger partial charge in [0.25, 0.3) is 0 Å². The summed E-state index contributed by atoms with van der Waals surface area (Å²) in [6.45, 7) is 7.65. The van der Waals surface area contributed by atoms with Gasteiger partial charge >= 0.3 is 0 Å². The fourth-order valence-corrected chi connectivity index (χ4v) is 3.94. The molecule has 1 N–H and O–H groups in total. The molecule has 1 saturated heterocycles. The lowest BCUT2D eigenvalue weighted by molar-refractivity contribution is 0.0400. The molecule has 0 radical (unpaired) electrons. The number of piperazine rings is 1. The molecule has 21 heavy (non-hydrogen) atoms. The van der Waals surface area contributed by atoms with Crippen LogP contribution in [0.25, 0.3) is 0 Å². The molecule has 1 atom stereocenters. The van der Waals surface area contributed by atoms with Crippen LogP contribution in [-0.2, 0) is 6.54 Å². The number of nitrogens with zero attached hydrogens (tertiary/aromatic N) is 3. The molecule has 1 aliphatic carbocycles. The van der Waals surface area contributed by atoms with E-state index < -0.39 is 0 Å². The summed E-state index contributed by atoms with van der Waals surface area (Å²) in [4.78, 5) is 11.5. The van der Waals surface area contributed by atoms with E-state index in [9.17, 15) is 0 Å². The molecule has 0 amide bonds. The molecule has 2 heterocycles. The van der Waals surface area contributed by atoms with Gasteiger partial charge in [-0.3, -0.25) is 4.90 Å². The predicted octanol–water partition coefficient (Wildman–Crippen LogP) is 2.61. The Kier molecular flexibility index (Phi) is 4.55. The Hall–Kier alpha value is -1.00. The van der Waals surface area contributed by atoms with Gasteiger partial charge in [-0.1, -0.05) is 19.3 Å². The number of nitrogens with one attached hydrogen (secondary N) is 1. The Balaban J connectivity index is 1.73. The Morgan fingerprint density at radius 2 is 1.90 bits per heavy atom. The summed E-state index contributed by atoms with van der Waals surface area (Å²) in [7, 11) is 0. The second-order valence-electron chi connectivity index (χ2n) is 7.30. The van der Waals surface area contributed by atoms with Gasteiger partial charge in [0.1, 0.15) is 5.82 Å². The summed E-state index contributed by atoms with van der Waals surface area (Å²) >= 11 is 0. The van der Waals surface area contributed by atoms with Crippen molar-refractivity contribution in [1.82, 2.24) is 20.2 Å². The molecule has 0 spiro atoms. The third kappa shape index (κ3) is 3.80. The van der Waals surface area contributed by atoms with Crippen LogP contribution >= 0.6 is 0 Å². The molecule has 0 aromatic carbocycles. The number of hydrogen-bond donors (Lipinski definition) is 1. The maximum absolute atomic E-state index is 4.43. The average Bonchev–Trinajstić information content (AvgIpc) is 2.48. The minimum Gasteiger partial charge on any atom is -0.309 e. The van der Waals surface area contributed by atoms with Crippen molar-refractivity contribution in [2.24, 2.45) is 5.92 Å². The quantitative estimate of drug-likeness (QED) is 0.928. The molecule has 2 fully saturated rings. The van der Waals surface area contributed by atoms with Crippen molar-refractivity contribution in [3.8, 4) is 0 Å². The van der Waals surface area contributed by atoms with Crippen molar-refractivity contribution < 1.29 is 0 Å². The summed E-state index contributed by atoms with van der Waals surface area (Å²) in [6, 6.07) is 2.53. The highest BCUT2D eigenvalue weighted by Gasteiger charge is 2.37. The molecule has 4 heteroatoms. The van der Waals surface area contributed by atoms with Crippen molar-refractivity contribution in [3.63, 3.8) is 0 Å². The average molecular weight is 288 g/mol. The lowest BCUT2D eigenvalue weighted by Gasteiger charge is -2.48. The molecular formula is C17H28N4. The molecule has 0 bridgehead atoms. The standard InChI is InChI=1S/C17H28N4/c1-17(2)13-21(12-16-18-9-6-10-19-16)15(11-20-17)14-7-4-3-5-8-14/h6,9-10,14-15,20H,3-5,7-8,11-13H2,1-2H3. The second kappa shape index (κ2) is 6.41. The van der Waals surface area contributed by atoms with Gasteiger partial charge in [-0.2, -0.15) is 0 Å². The van der Waals surface area contributed by atoms with Gasteiger partial charge in [-0.05, 0) is 38.7 Å². The van der Waals surface area contributed by atoms with Crippen LogP contribution in [0.15, 0.2) is 18.5 Å². The van der Waals surface area contributed by atoms with Gasteiger partial charge in [0, 0.05) is 37.1 Å². The van der Waals surface area contributed by atoms with Gasteiger partial charge in [0.05, 0.1) is 6.54 Å². The molecule has 4 nitrogen and oxygen atoms in total. The van der Waals surface area contributed by atoms with Crippen LogP contribution in [-0.4, -0.2) is 39.5 Å². The zero-order chi connectivity index (χ0) is 14.7. The summed E-state index contributed by atoms with van der Waals surface area (Å²) in [5.41, 5.74) is 0.181. The number of hydrogen-bond acceptors (Lipinski definition) is 4. The van der Waals surface area contributed by atoms with E-state index >= 15 is 0 Å². The maximum atomic E-state index is 4.43. The lowest BCUT2D eigenvalue weighted by atomic mass is 9.81. The lowest BCUT2D eigenvalue weighted by Crippen LogP contribution is -2.63.